The van der Waals surface area contributed by atoms with Gasteiger partial charge in [-0.2, -0.15) is 0 Å². The van der Waals surface area contributed by atoms with Gasteiger partial charge in [-0.05, 0) is 59.5 Å². The molecule has 0 aliphatic rings. The van der Waals surface area contributed by atoms with E-state index in [1.807, 2.05) is 60.0 Å². The normalized spacial score (nSPS) is 12.6. The Labute approximate surface area is 198 Å². The number of halogens is 1. The second kappa shape index (κ2) is 13.5. The van der Waals surface area contributed by atoms with Gasteiger partial charge in [0.1, 0.15) is 6.54 Å². The third-order valence-corrected chi connectivity index (χ3v) is 4.12. The van der Waals surface area contributed by atoms with E-state index in [-0.39, 0.29) is 48.0 Å². The minimum atomic E-state index is -0.276. The van der Waals surface area contributed by atoms with Crippen LogP contribution in [0.25, 0.3) is 0 Å². The van der Waals surface area contributed by atoms with Crippen LogP contribution in [0.5, 0.6) is 11.5 Å². The minimum Gasteiger partial charge on any atom is -0.493 e. The summed E-state index contributed by atoms with van der Waals surface area (Å²) in [5.41, 5.74) is 0.809. The van der Waals surface area contributed by atoms with E-state index in [1.165, 1.54) is 0 Å². The number of rotatable bonds is 9. The van der Waals surface area contributed by atoms with Crippen LogP contribution < -0.4 is 25.4 Å². The summed E-state index contributed by atoms with van der Waals surface area (Å²) in [5.74, 6) is 1.88. The monoisotopic (exact) mass is 535 g/mol. The first kappa shape index (κ1) is 28.2. The molecule has 0 saturated heterocycles. The van der Waals surface area contributed by atoms with Gasteiger partial charge in [0.25, 0.3) is 0 Å². The number of likely N-dealkylation sites (N-methyl/N-ethyl adjacent to an activating group) is 1. The quantitative estimate of drug-likeness (QED) is 0.256. The summed E-state index contributed by atoms with van der Waals surface area (Å²) >= 11 is 0. The van der Waals surface area contributed by atoms with Crippen molar-refractivity contribution < 1.29 is 14.3 Å². The molecule has 0 saturated carbocycles. The number of carbonyl (C=O) groups is 1. The molecule has 1 atom stereocenters. The summed E-state index contributed by atoms with van der Waals surface area (Å²) in [4.78, 5) is 18.6. The number of amides is 1. The Hall–Kier alpha value is -1.75. The van der Waals surface area contributed by atoms with Gasteiger partial charge in [-0.3, -0.25) is 4.79 Å². The van der Waals surface area contributed by atoms with Crippen LogP contribution >= 0.6 is 24.0 Å². The zero-order valence-electron chi connectivity index (χ0n) is 19.5. The van der Waals surface area contributed by atoms with Crippen molar-refractivity contribution in [1.82, 2.24) is 20.9 Å². The predicted molar refractivity (Wildman–Crippen MR) is 133 cm³/mol. The Bertz CT molecular complexity index is 690. The summed E-state index contributed by atoms with van der Waals surface area (Å²) in [6.45, 7) is 9.21. The molecule has 0 heterocycles. The highest BCUT2D eigenvalue weighted by Crippen LogP contribution is 2.31. The molecule has 30 heavy (non-hydrogen) atoms. The molecule has 0 fully saturated rings. The number of ether oxygens (including phenoxy) is 2. The molecule has 172 valence electrons. The predicted octanol–water partition coefficient (Wildman–Crippen LogP) is 2.39. The molecular weight excluding hydrogens is 497 g/mol. The zero-order valence-corrected chi connectivity index (χ0v) is 21.8. The molecule has 0 spiro atoms. The van der Waals surface area contributed by atoms with E-state index in [0.717, 1.165) is 5.56 Å². The molecule has 1 rings (SSSR count). The molecule has 0 aliphatic heterocycles. The van der Waals surface area contributed by atoms with Gasteiger partial charge in [-0.15, -0.1) is 24.0 Å². The van der Waals surface area contributed by atoms with Crippen molar-refractivity contribution in [2.75, 3.05) is 47.9 Å². The number of methoxy groups -OCH3 is 2. The average Bonchev–Trinajstić information content (AvgIpc) is 2.64. The fourth-order valence-corrected chi connectivity index (χ4v) is 2.80. The summed E-state index contributed by atoms with van der Waals surface area (Å²) in [5, 5.41) is 9.43. The third kappa shape index (κ3) is 9.84. The lowest BCUT2D eigenvalue weighted by molar-refractivity contribution is -0.121. The standard InChI is InChI=1S/C21H37N5O3.HI/c1-9-22-20(24-14-19(27)25-21(2,3)4)23-13-16(26(5)6)15-10-11-17(28-7)18(12-15)29-8;/h10-12,16H,9,13-14H2,1-8H3,(H,25,27)(H2,22,23,24);1H. The second-order valence-corrected chi connectivity index (χ2v) is 7.97. The molecular formula is C21H38IN5O3. The van der Waals surface area contributed by atoms with Crippen molar-refractivity contribution in [3.05, 3.63) is 23.8 Å². The lowest BCUT2D eigenvalue weighted by Crippen LogP contribution is -2.44. The summed E-state index contributed by atoms with van der Waals surface area (Å²) < 4.78 is 10.8. The number of benzene rings is 1. The molecule has 1 aromatic carbocycles. The highest BCUT2D eigenvalue weighted by atomic mass is 127. The van der Waals surface area contributed by atoms with Crippen molar-refractivity contribution in [2.45, 2.75) is 39.3 Å². The summed E-state index contributed by atoms with van der Waals surface area (Å²) in [6, 6.07) is 5.98. The molecule has 0 aliphatic carbocycles. The Balaban J connectivity index is 0.00000841. The van der Waals surface area contributed by atoms with Crippen LogP contribution in [0, 0.1) is 0 Å². The first-order valence-corrected chi connectivity index (χ1v) is 9.82. The van der Waals surface area contributed by atoms with Crippen LogP contribution in [0.4, 0.5) is 0 Å². The first-order chi connectivity index (χ1) is 13.6. The van der Waals surface area contributed by atoms with Crippen molar-refractivity contribution in [2.24, 2.45) is 4.99 Å². The van der Waals surface area contributed by atoms with Crippen LogP contribution in [-0.2, 0) is 4.79 Å². The molecule has 0 aromatic heterocycles. The van der Waals surface area contributed by atoms with E-state index in [2.05, 4.69) is 25.8 Å². The SMILES string of the molecule is CCNC(=NCC(=O)NC(C)(C)C)NCC(c1ccc(OC)c(OC)c1)N(C)C.I. The number of hydrogen-bond acceptors (Lipinski definition) is 5. The topological polar surface area (TPSA) is 87.2 Å². The Morgan fingerprint density at radius 1 is 1.13 bits per heavy atom. The van der Waals surface area contributed by atoms with Gasteiger partial charge in [0.05, 0.1) is 20.3 Å². The number of guanidine groups is 1. The number of carbonyl (C=O) groups excluding carboxylic acids is 1. The first-order valence-electron chi connectivity index (χ1n) is 9.82. The molecule has 1 aromatic rings. The van der Waals surface area contributed by atoms with Gasteiger partial charge < -0.3 is 30.3 Å². The largest absolute Gasteiger partial charge is 0.493 e. The maximum Gasteiger partial charge on any atom is 0.242 e. The number of nitrogens with zero attached hydrogens (tertiary/aromatic N) is 2. The van der Waals surface area contributed by atoms with E-state index in [0.29, 0.717) is 30.5 Å². The van der Waals surface area contributed by atoms with Crippen LogP contribution in [0.3, 0.4) is 0 Å². The van der Waals surface area contributed by atoms with E-state index >= 15 is 0 Å². The average molecular weight is 535 g/mol. The molecule has 0 bridgehead atoms. The van der Waals surface area contributed by atoms with E-state index in [1.54, 1.807) is 14.2 Å². The van der Waals surface area contributed by atoms with Crippen LogP contribution in [0.2, 0.25) is 0 Å². The second-order valence-electron chi connectivity index (χ2n) is 7.97. The molecule has 9 heteroatoms. The van der Waals surface area contributed by atoms with Gasteiger partial charge in [0.15, 0.2) is 17.5 Å². The van der Waals surface area contributed by atoms with Crippen LogP contribution in [-0.4, -0.2) is 70.3 Å². The van der Waals surface area contributed by atoms with Gasteiger partial charge in [-0.1, -0.05) is 6.07 Å². The van der Waals surface area contributed by atoms with Crippen molar-refractivity contribution in [3.8, 4) is 11.5 Å². The lowest BCUT2D eigenvalue weighted by atomic mass is 10.1. The number of aliphatic imine (C=N–C) groups is 1. The lowest BCUT2D eigenvalue weighted by Gasteiger charge is -2.26. The Morgan fingerprint density at radius 3 is 2.27 bits per heavy atom. The maximum absolute atomic E-state index is 12.1. The smallest absolute Gasteiger partial charge is 0.242 e. The van der Waals surface area contributed by atoms with Gasteiger partial charge in [0.2, 0.25) is 5.91 Å². The van der Waals surface area contributed by atoms with Crippen molar-refractivity contribution in [3.63, 3.8) is 0 Å². The molecule has 8 nitrogen and oxygen atoms in total. The zero-order chi connectivity index (χ0) is 22.0. The molecule has 3 N–H and O–H groups in total. The van der Waals surface area contributed by atoms with Crippen LogP contribution in [0.1, 0.15) is 39.3 Å². The van der Waals surface area contributed by atoms with Gasteiger partial charge in [-0.25, -0.2) is 4.99 Å². The minimum absolute atomic E-state index is 0. The number of hydrogen-bond donors (Lipinski definition) is 3. The Morgan fingerprint density at radius 2 is 1.77 bits per heavy atom. The maximum atomic E-state index is 12.1. The van der Waals surface area contributed by atoms with E-state index in [9.17, 15) is 4.79 Å². The third-order valence-electron chi connectivity index (χ3n) is 4.12. The number of nitrogens with one attached hydrogen (secondary N) is 3. The van der Waals surface area contributed by atoms with Gasteiger partial charge >= 0.3 is 0 Å². The van der Waals surface area contributed by atoms with E-state index < -0.39 is 0 Å². The summed E-state index contributed by atoms with van der Waals surface area (Å²) in [6.07, 6.45) is 0. The fourth-order valence-electron chi connectivity index (χ4n) is 2.80. The molecule has 0 radical (unpaired) electrons. The highest BCUT2D eigenvalue weighted by Gasteiger charge is 2.18. The van der Waals surface area contributed by atoms with E-state index in [4.69, 9.17) is 9.47 Å². The van der Waals surface area contributed by atoms with Gasteiger partial charge in [0, 0.05) is 18.6 Å². The summed E-state index contributed by atoms with van der Waals surface area (Å²) in [7, 11) is 7.29. The van der Waals surface area contributed by atoms with Crippen molar-refractivity contribution >= 4 is 35.8 Å². The van der Waals surface area contributed by atoms with Crippen LogP contribution in [0.15, 0.2) is 23.2 Å². The Kier molecular flexibility index (Phi) is 12.7. The highest BCUT2D eigenvalue weighted by molar-refractivity contribution is 14.0. The van der Waals surface area contributed by atoms with Crippen molar-refractivity contribution in [1.29, 1.82) is 0 Å². The molecule has 1 amide bonds. The fraction of sp³-hybridized carbons (Fsp3) is 0.619. The molecule has 1 unspecified atom stereocenters.